The molecule has 1 heterocycles. The summed E-state index contributed by atoms with van der Waals surface area (Å²) in [6, 6.07) is 21.1. The van der Waals surface area contributed by atoms with Gasteiger partial charge in [-0.15, -0.1) is 0 Å². The maximum Gasteiger partial charge on any atom is 0.256 e. The normalized spacial score (nSPS) is 10.6. The second-order valence-corrected chi connectivity index (χ2v) is 7.00. The van der Waals surface area contributed by atoms with Gasteiger partial charge in [0.2, 0.25) is 0 Å². The van der Waals surface area contributed by atoms with Crippen LogP contribution in [0.25, 0.3) is 22.2 Å². The lowest BCUT2D eigenvalue weighted by molar-refractivity contribution is 0.100. The number of nitrogens with zero attached hydrogens (tertiary/aromatic N) is 1. The Morgan fingerprint density at radius 1 is 0.875 bits per heavy atom. The second-order valence-electron chi connectivity index (χ2n) is 7.00. The highest BCUT2D eigenvalue weighted by molar-refractivity contribution is 6.15. The molecule has 0 saturated carbocycles. The van der Waals surface area contributed by atoms with Crippen molar-refractivity contribution in [2.24, 2.45) is 5.73 Å². The van der Waals surface area contributed by atoms with Crippen LogP contribution < -0.4 is 20.5 Å². The number of fused-ring (bicyclic) bond motifs is 1. The minimum absolute atomic E-state index is 0.233. The van der Waals surface area contributed by atoms with Crippen LogP contribution in [0.2, 0.25) is 0 Å². The van der Waals surface area contributed by atoms with Crippen LogP contribution in [-0.4, -0.2) is 31.0 Å². The Morgan fingerprint density at radius 3 is 2.38 bits per heavy atom. The summed E-state index contributed by atoms with van der Waals surface area (Å²) in [6.07, 6.45) is 0. The van der Waals surface area contributed by atoms with Crippen LogP contribution in [-0.2, 0) is 0 Å². The van der Waals surface area contributed by atoms with Crippen molar-refractivity contribution in [3.63, 3.8) is 0 Å². The molecule has 0 spiro atoms. The van der Waals surface area contributed by atoms with E-state index in [-0.39, 0.29) is 11.5 Å². The van der Waals surface area contributed by atoms with Crippen LogP contribution in [0.5, 0.6) is 11.5 Å². The minimum atomic E-state index is -0.621. The molecule has 0 aliphatic rings. The van der Waals surface area contributed by atoms with Crippen molar-refractivity contribution < 1.29 is 19.1 Å². The number of nitrogens with two attached hydrogens (primary N) is 1. The standard InChI is InChI=1S/C25H21N3O4/c1-31-15-11-12-17(23(13-15)32-2)22-14-19(16-7-3-5-9-20(16)27-22)25(30)28-21-10-6-4-8-18(21)24(26)29/h3-14H,1-2H3,(H2,26,29)(H,28,30). The largest absolute Gasteiger partial charge is 0.497 e. The Kier molecular flexibility index (Phi) is 5.72. The van der Waals surface area contributed by atoms with Crippen LogP contribution in [0.15, 0.2) is 72.8 Å². The van der Waals surface area contributed by atoms with Gasteiger partial charge in [0.15, 0.2) is 0 Å². The van der Waals surface area contributed by atoms with Gasteiger partial charge in [-0.05, 0) is 36.4 Å². The number of primary amides is 1. The summed E-state index contributed by atoms with van der Waals surface area (Å²) in [6.45, 7) is 0. The first-order valence-corrected chi connectivity index (χ1v) is 9.84. The zero-order valence-electron chi connectivity index (χ0n) is 17.6. The summed E-state index contributed by atoms with van der Waals surface area (Å²) >= 11 is 0. The van der Waals surface area contributed by atoms with Crippen molar-refractivity contribution in [2.75, 3.05) is 19.5 Å². The van der Waals surface area contributed by atoms with Crippen molar-refractivity contribution in [1.29, 1.82) is 0 Å². The summed E-state index contributed by atoms with van der Waals surface area (Å²) in [5.74, 6) is 0.208. The highest BCUT2D eigenvalue weighted by Crippen LogP contribution is 2.34. The third-order valence-electron chi connectivity index (χ3n) is 5.09. The summed E-state index contributed by atoms with van der Waals surface area (Å²) < 4.78 is 10.8. The van der Waals surface area contributed by atoms with Crippen molar-refractivity contribution >= 4 is 28.4 Å². The molecular formula is C25H21N3O4. The molecule has 0 saturated heterocycles. The van der Waals surface area contributed by atoms with Crippen LogP contribution in [0.4, 0.5) is 5.69 Å². The van der Waals surface area contributed by atoms with Gasteiger partial charge >= 0.3 is 0 Å². The van der Waals surface area contributed by atoms with Gasteiger partial charge in [0.1, 0.15) is 11.5 Å². The summed E-state index contributed by atoms with van der Waals surface area (Å²) in [5.41, 5.74) is 8.36. The molecule has 7 heteroatoms. The average Bonchev–Trinajstić information content (AvgIpc) is 2.83. The topological polar surface area (TPSA) is 104 Å². The quantitative estimate of drug-likeness (QED) is 0.478. The third-order valence-corrected chi connectivity index (χ3v) is 5.09. The number of ether oxygens (including phenoxy) is 2. The maximum absolute atomic E-state index is 13.3. The maximum atomic E-state index is 13.3. The van der Waals surface area contributed by atoms with Crippen LogP contribution in [0, 0.1) is 0 Å². The number of benzene rings is 3. The molecule has 0 atom stereocenters. The molecule has 2 amide bonds. The van der Waals surface area contributed by atoms with Gasteiger partial charge in [-0.25, -0.2) is 4.98 Å². The summed E-state index contributed by atoms with van der Waals surface area (Å²) in [5, 5.41) is 3.49. The van der Waals surface area contributed by atoms with Crippen molar-refractivity contribution in [3.05, 3.63) is 83.9 Å². The van der Waals surface area contributed by atoms with Crippen molar-refractivity contribution in [2.45, 2.75) is 0 Å². The number of anilines is 1. The minimum Gasteiger partial charge on any atom is -0.497 e. The Balaban J connectivity index is 1.84. The van der Waals surface area contributed by atoms with E-state index in [1.54, 1.807) is 56.7 Å². The van der Waals surface area contributed by atoms with E-state index in [1.807, 2.05) is 30.3 Å². The number of aromatic nitrogens is 1. The number of hydrogen-bond acceptors (Lipinski definition) is 5. The second kappa shape index (κ2) is 8.77. The number of carbonyl (C=O) groups excluding carboxylic acids is 2. The lowest BCUT2D eigenvalue weighted by Crippen LogP contribution is -2.18. The van der Waals surface area contributed by atoms with E-state index in [1.165, 1.54) is 0 Å². The van der Waals surface area contributed by atoms with E-state index in [9.17, 15) is 9.59 Å². The van der Waals surface area contributed by atoms with Gasteiger partial charge in [-0.1, -0.05) is 30.3 Å². The van der Waals surface area contributed by atoms with Gasteiger partial charge in [0, 0.05) is 17.0 Å². The number of amides is 2. The van der Waals surface area contributed by atoms with Gasteiger partial charge < -0.3 is 20.5 Å². The zero-order valence-corrected chi connectivity index (χ0v) is 17.6. The van der Waals surface area contributed by atoms with Crippen molar-refractivity contribution in [3.8, 4) is 22.8 Å². The van der Waals surface area contributed by atoms with E-state index < -0.39 is 5.91 Å². The summed E-state index contributed by atoms with van der Waals surface area (Å²) in [7, 11) is 3.14. The molecule has 32 heavy (non-hydrogen) atoms. The lowest BCUT2D eigenvalue weighted by Gasteiger charge is -2.14. The first-order chi connectivity index (χ1) is 15.5. The van der Waals surface area contributed by atoms with Crippen molar-refractivity contribution in [1.82, 2.24) is 4.98 Å². The molecule has 0 radical (unpaired) electrons. The van der Waals surface area contributed by atoms with E-state index in [4.69, 9.17) is 20.2 Å². The number of hydrogen-bond donors (Lipinski definition) is 2. The Bertz CT molecular complexity index is 1330. The fraction of sp³-hybridized carbons (Fsp3) is 0.0800. The number of methoxy groups -OCH3 is 2. The molecule has 0 bridgehead atoms. The highest BCUT2D eigenvalue weighted by atomic mass is 16.5. The Morgan fingerprint density at radius 2 is 1.62 bits per heavy atom. The molecule has 4 aromatic rings. The first kappa shape index (κ1) is 20.9. The van der Waals surface area contributed by atoms with Gasteiger partial charge in [-0.3, -0.25) is 9.59 Å². The zero-order chi connectivity index (χ0) is 22.7. The first-order valence-electron chi connectivity index (χ1n) is 9.84. The molecular weight excluding hydrogens is 406 g/mol. The van der Waals surface area contributed by atoms with E-state index in [0.29, 0.717) is 44.9 Å². The molecule has 4 rings (SSSR count). The average molecular weight is 427 g/mol. The third kappa shape index (κ3) is 3.96. The molecule has 3 N–H and O–H groups in total. The van der Waals surface area contributed by atoms with Gasteiger partial charge in [0.05, 0.1) is 42.2 Å². The number of rotatable bonds is 6. The van der Waals surface area contributed by atoms with Gasteiger partial charge in [-0.2, -0.15) is 0 Å². The SMILES string of the molecule is COc1ccc(-c2cc(C(=O)Nc3ccccc3C(N)=O)c3ccccc3n2)c(OC)c1. The molecule has 0 unspecified atom stereocenters. The van der Waals surface area contributed by atoms with E-state index in [2.05, 4.69) is 5.32 Å². The van der Waals surface area contributed by atoms with Crippen LogP contribution in [0.1, 0.15) is 20.7 Å². The Hall–Kier alpha value is -4.39. The van der Waals surface area contributed by atoms with E-state index >= 15 is 0 Å². The number of para-hydroxylation sites is 2. The Labute approximate surface area is 184 Å². The summed E-state index contributed by atoms with van der Waals surface area (Å²) in [4.78, 5) is 29.8. The molecule has 0 aliphatic heterocycles. The predicted molar refractivity (Wildman–Crippen MR) is 123 cm³/mol. The predicted octanol–water partition coefficient (Wildman–Crippen LogP) is 4.27. The smallest absolute Gasteiger partial charge is 0.256 e. The fourth-order valence-electron chi connectivity index (χ4n) is 3.51. The number of pyridine rings is 1. The van der Waals surface area contributed by atoms with E-state index in [0.717, 1.165) is 0 Å². The molecule has 160 valence electrons. The molecule has 3 aromatic carbocycles. The van der Waals surface area contributed by atoms with Crippen LogP contribution in [0.3, 0.4) is 0 Å². The molecule has 7 nitrogen and oxygen atoms in total. The van der Waals surface area contributed by atoms with Gasteiger partial charge in [0.25, 0.3) is 11.8 Å². The highest BCUT2D eigenvalue weighted by Gasteiger charge is 2.18. The number of carbonyl (C=O) groups is 2. The lowest BCUT2D eigenvalue weighted by atomic mass is 10.0. The number of nitrogens with one attached hydrogen (secondary N) is 1. The molecule has 0 aliphatic carbocycles. The van der Waals surface area contributed by atoms with Crippen LogP contribution >= 0.6 is 0 Å². The molecule has 0 fully saturated rings. The molecule has 1 aromatic heterocycles. The fourth-order valence-corrected chi connectivity index (χ4v) is 3.51. The monoisotopic (exact) mass is 427 g/mol.